The predicted molar refractivity (Wildman–Crippen MR) is 63.0 cm³/mol. The van der Waals surface area contributed by atoms with E-state index in [2.05, 4.69) is 15.9 Å². The summed E-state index contributed by atoms with van der Waals surface area (Å²) in [6.45, 7) is 0. The van der Waals surface area contributed by atoms with Crippen molar-refractivity contribution in [3.63, 3.8) is 0 Å². The molecule has 3 heteroatoms. The highest BCUT2D eigenvalue weighted by Gasteiger charge is 2.23. The lowest BCUT2D eigenvalue weighted by Gasteiger charge is -2.19. The van der Waals surface area contributed by atoms with Crippen molar-refractivity contribution in [2.75, 3.05) is 0 Å². The van der Waals surface area contributed by atoms with Crippen LogP contribution < -0.4 is 5.73 Å². The molecule has 1 saturated carbocycles. The Labute approximate surface area is 98.0 Å². The van der Waals surface area contributed by atoms with Crippen LogP contribution in [0.3, 0.4) is 0 Å². The summed E-state index contributed by atoms with van der Waals surface area (Å²) in [6, 6.07) is 5.14. The summed E-state index contributed by atoms with van der Waals surface area (Å²) < 4.78 is 13.6. The highest BCUT2D eigenvalue weighted by Crippen LogP contribution is 2.35. The summed E-state index contributed by atoms with van der Waals surface area (Å²) in [4.78, 5) is 0. The van der Waals surface area contributed by atoms with Crippen LogP contribution in [0.5, 0.6) is 0 Å². The second-order valence-corrected chi connectivity index (χ2v) is 5.10. The van der Waals surface area contributed by atoms with Crippen molar-refractivity contribution in [1.82, 2.24) is 0 Å². The summed E-state index contributed by atoms with van der Waals surface area (Å²) >= 11 is 3.19. The van der Waals surface area contributed by atoms with Gasteiger partial charge in [-0.3, -0.25) is 0 Å². The highest BCUT2D eigenvalue weighted by molar-refractivity contribution is 9.10. The molecule has 0 aromatic heterocycles. The number of halogens is 2. The van der Waals surface area contributed by atoms with E-state index in [1.165, 1.54) is 31.7 Å². The zero-order valence-electron chi connectivity index (χ0n) is 8.55. The molecular formula is C12H15BrFN. The lowest BCUT2D eigenvalue weighted by Crippen LogP contribution is -2.19. The van der Waals surface area contributed by atoms with Gasteiger partial charge < -0.3 is 5.73 Å². The number of hydrogen-bond acceptors (Lipinski definition) is 1. The molecule has 1 aromatic carbocycles. The molecule has 1 aromatic rings. The summed E-state index contributed by atoms with van der Waals surface area (Å²) in [5.41, 5.74) is 7.21. The molecular weight excluding hydrogens is 257 g/mol. The van der Waals surface area contributed by atoms with Crippen molar-refractivity contribution >= 4 is 15.9 Å². The van der Waals surface area contributed by atoms with Crippen molar-refractivity contribution in [2.45, 2.75) is 31.7 Å². The van der Waals surface area contributed by atoms with Crippen molar-refractivity contribution in [1.29, 1.82) is 0 Å². The van der Waals surface area contributed by atoms with Gasteiger partial charge in [0.1, 0.15) is 5.82 Å². The number of hydrogen-bond donors (Lipinski definition) is 1. The minimum absolute atomic E-state index is 0.0596. The molecule has 1 fully saturated rings. The number of rotatable bonds is 2. The Balaban J connectivity index is 2.17. The van der Waals surface area contributed by atoms with Crippen LogP contribution in [-0.4, -0.2) is 0 Å². The Bertz CT molecular complexity index is 347. The maximum absolute atomic E-state index is 13.1. The zero-order valence-corrected chi connectivity index (χ0v) is 10.1. The van der Waals surface area contributed by atoms with Gasteiger partial charge in [-0.15, -0.1) is 0 Å². The van der Waals surface area contributed by atoms with Gasteiger partial charge in [0, 0.05) is 6.04 Å². The quantitative estimate of drug-likeness (QED) is 0.871. The first kappa shape index (κ1) is 11.1. The largest absolute Gasteiger partial charge is 0.324 e. The lowest BCUT2D eigenvalue weighted by atomic mass is 9.92. The molecule has 0 spiro atoms. The fraction of sp³-hybridized carbons (Fsp3) is 0.500. The maximum Gasteiger partial charge on any atom is 0.137 e. The maximum atomic E-state index is 13.1. The molecule has 2 N–H and O–H groups in total. The first-order valence-corrected chi connectivity index (χ1v) is 6.18. The molecule has 0 saturated heterocycles. The standard InChI is InChI=1S/C12H15BrFN/c13-10-7-9(5-6-11(10)14)12(15)8-3-1-2-4-8/h5-8,12H,1-4,15H2. The van der Waals surface area contributed by atoms with Crippen LogP contribution in [0.1, 0.15) is 37.3 Å². The third-order valence-electron chi connectivity index (χ3n) is 3.24. The molecule has 0 heterocycles. The Hall–Kier alpha value is -0.410. The monoisotopic (exact) mass is 271 g/mol. The summed E-state index contributed by atoms with van der Waals surface area (Å²) in [6.07, 6.45) is 4.97. The van der Waals surface area contributed by atoms with Gasteiger partial charge in [-0.25, -0.2) is 4.39 Å². The molecule has 0 radical (unpaired) electrons. The fourth-order valence-corrected chi connectivity index (χ4v) is 2.70. The smallest absolute Gasteiger partial charge is 0.137 e. The van der Waals surface area contributed by atoms with Gasteiger partial charge in [-0.1, -0.05) is 18.9 Å². The summed E-state index contributed by atoms with van der Waals surface area (Å²) in [5, 5.41) is 0. The van der Waals surface area contributed by atoms with Crippen LogP contribution in [0.25, 0.3) is 0 Å². The van der Waals surface area contributed by atoms with Gasteiger partial charge >= 0.3 is 0 Å². The van der Waals surface area contributed by atoms with E-state index in [-0.39, 0.29) is 11.9 Å². The van der Waals surface area contributed by atoms with Crippen LogP contribution in [0.15, 0.2) is 22.7 Å². The third-order valence-corrected chi connectivity index (χ3v) is 3.84. The van der Waals surface area contributed by atoms with E-state index >= 15 is 0 Å². The molecule has 0 amide bonds. The Morgan fingerprint density at radius 1 is 1.33 bits per heavy atom. The van der Waals surface area contributed by atoms with Gasteiger partial charge in [-0.2, -0.15) is 0 Å². The van der Waals surface area contributed by atoms with Crippen LogP contribution in [0, 0.1) is 11.7 Å². The van der Waals surface area contributed by atoms with E-state index in [9.17, 15) is 4.39 Å². The molecule has 0 aliphatic heterocycles. The highest BCUT2D eigenvalue weighted by atomic mass is 79.9. The van der Waals surface area contributed by atoms with Gasteiger partial charge in [0.15, 0.2) is 0 Å². The van der Waals surface area contributed by atoms with E-state index in [1.807, 2.05) is 0 Å². The first-order valence-electron chi connectivity index (χ1n) is 5.39. The molecule has 2 rings (SSSR count). The normalized spacial score (nSPS) is 19.4. The van der Waals surface area contributed by atoms with E-state index in [4.69, 9.17) is 5.73 Å². The predicted octanol–water partition coefficient (Wildman–Crippen LogP) is 3.78. The summed E-state index contributed by atoms with van der Waals surface area (Å²) in [5.74, 6) is 0.347. The van der Waals surface area contributed by atoms with Gasteiger partial charge in [0.2, 0.25) is 0 Å². The minimum atomic E-state index is -0.225. The number of benzene rings is 1. The second-order valence-electron chi connectivity index (χ2n) is 4.24. The van der Waals surface area contributed by atoms with Crippen molar-refractivity contribution < 1.29 is 4.39 Å². The topological polar surface area (TPSA) is 26.0 Å². The van der Waals surface area contributed by atoms with Crippen LogP contribution in [-0.2, 0) is 0 Å². The molecule has 1 aliphatic rings. The molecule has 82 valence electrons. The van der Waals surface area contributed by atoms with E-state index in [1.54, 1.807) is 12.1 Å². The van der Waals surface area contributed by atoms with E-state index < -0.39 is 0 Å². The van der Waals surface area contributed by atoms with Crippen LogP contribution >= 0.6 is 15.9 Å². The van der Waals surface area contributed by atoms with Crippen LogP contribution in [0.2, 0.25) is 0 Å². The minimum Gasteiger partial charge on any atom is -0.324 e. The molecule has 15 heavy (non-hydrogen) atoms. The van der Waals surface area contributed by atoms with Crippen molar-refractivity contribution in [3.05, 3.63) is 34.1 Å². The van der Waals surface area contributed by atoms with Crippen LogP contribution in [0.4, 0.5) is 4.39 Å². The number of nitrogens with two attached hydrogens (primary N) is 1. The first-order chi connectivity index (χ1) is 7.18. The average molecular weight is 272 g/mol. The molecule has 0 bridgehead atoms. The van der Waals surface area contributed by atoms with Crippen molar-refractivity contribution in [3.8, 4) is 0 Å². The molecule has 1 aliphatic carbocycles. The summed E-state index contributed by atoms with van der Waals surface area (Å²) in [7, 11) is 0. The molecule has 1 atom stereocenters. The second kappa shape index (κ2) is 4.62. The van der Waals surface area contributed by atoms with Gasteiger partial charge in [0.05, 0.1) is 4.47 Å². The SMILES string of the molecule is NC(c1ccc(F)c(Br)c1)C1CCCC1. The fourth-order valence-electron chi connectivity index (χ4n) is 2.31. The van der Waals surface area contributed by atoms with E-state index in [0.29, 0.717) is 10.4 Å². The average Bonchev–Trinajstić information content (AvgIpc) is 2.74. The van der Waals surface area contributed by atoms with Gasteiger partial charge in [-0.05, 0) is 52.4 Å². The molecule has 1 unspecified atom stereocenters. The van der Waals surface area contributed by atoms with E-state index in [0.717, 1.165) is 5.56 Å². The Morgan fingerprint density at radius 3 is 2.60 bits per heavy atom. The van der Waals surface area contributed by atoms with Gasteiger partial charge in [0.25, 0.3) is 0 Å². The molecule has 1 nitrogen and oxygen atoms in total. The Kier molecular flexibility index (Phi) is 3.42. The Morgan fingerprint density at radius 2 is 2.00 bits per heavy atom. The third kappa shape index (κ3) is 2.40. The zero-order chi connectivity index (χ0) is 10.8. The lowest BCUT2D eigenvalue weighted by molar-refractivity contribution is 0.444. The van der Waals surface area contributed by atoms with Crippen molar-refractivity contribution in [2.24, 2.45) is 11.7 Å².